The topological polar surface area (TPSA) is 79.7 Å². The van der Waals surface area contributed by atoms with Crippen molar-refractivity contribution in [1.29, 1.82) is 0 Å². The maximum Gasteiger partial charge on any atom is 0.254 e. The standard InChI is InChI=1S/C25H28N6O/c1-5-16-10-11-20-18(14-16)15-19(24(32)26-20)22(23-27-28-29-31(23)25(2,3)4)30-13-12-17-8-6-7-9-21(17)30/h6-11,14-15,22H,5,12-13H2,1-4H3,(H,26,32). The van der Waals surface area contributed by atoms with Crippen LogP contribution in [0.25, 0.3) is 10.9 Å². The van der Waals surface area contributed by atoms with Crippen LogP contribution >= 0.6 is 0 Å². The summed E-state index contributed by atoms with van der Waals surface area (Å²) in [5.41, 5.74) is 4.70. The second-order valence-corrected chi connectivity index (χ2v) is 9.42. The molecule has 32 heavy (non-hydrogen) atoms. The van der Waals surface area contributed by atoms with Crippen molar-refractivity contribution < 1.29 is 0 Å². The van der Waals surface area contributed by atoms with Crippen LogP contribution in [-0.4, -0.2) is 31.7 Å². The van der Waals surface area contributed by atoms with Crippen LogP contribution in [0.1, 0.15) is 56.3 Å². The van der Waals surface area contributed by atoms with Crippen LogP contribution in [0.2, 0.25) is 0 Å². The van der Waals surface area contributed by atoms with E-state index in [2.05, 4.69) is 83.4 Å². The highest BCUT2D eigenvalue weighted by Crippen LogP contribution is 2.38. The first-order valence-corrected chi connectivity index (χ1v) is 11.2. The zero-order valence-electron chi connectivity index (χ0n) is 19.0. The Morgan fingerprint density at radius 3 is 2.72 bits per heavy atom. The minimum atomic E-state index is -0.397. The van der Waals surface area contributed by atoms with Crippen molar-refractivity contribution in [3.63, 3.8) is 0 Å². The maximum absolute atomic E-state index is 13.4. The molecule has 1 N–H and O–H groups in total. The lowest BCUT2D eigenvalue weighted by Gasteiger charge is -2.31. The third kappa shape index (κ3) is 3.38. The number of anilines is 1. The number of aromatic amines is 1. The first-order valence-electron chi connectivity index (χ1n) is 11.2. The summed E-state index contributed by atoms with van der Waals surface area (Å²) < 4.78 is 1.84. The van der Waals surface area contributed by atoms with Gasteiger partial charge in [-0.25, -0.2) is 4.68 Å². The highest BCUT2D eigenvalue weighted by molar-refractivity contribution is 5.80. The molecule has 0 aliphatic carbocycles. The molecular formula is C25H28N6O. The number of hydrogen-bond acceptors (Lipinski definition) is 5. The van der Waals surface area contributed by atoms with Crippen molar-refractivity contribution in [2.45, 2.75) is 52.1 Å². The van der Waals surface area contributed by atoms with Gasteiger partial charge in [0, 0.05) is 23.3 Å². The van der Waals surface area contributed by atoms with E-state index in [1.807, 2.05) is 22.9 Å². The smallest absolute Gasteiger partial charge is 0.254 e. The lowest BCUT2D eigenvalue weighted by molar-refractivity contribution is 0.329. The molecular weight excluding hydrogens is 400 g/mol. The molecule has 3 heterocycles. The van der Waals surface area contributed by atoms with Crippen LogP contribution in [-0.2, 0) is 18.4 Å². The van der Waals surface area contributed by atoms with Crippen molar-refractivity contribution in [3.05, 3.63) is 81.4 Å². The zero-order valence-corrected chi connectivity index (χ0v) is 19.0. The normalized spacial score (nSPS) is 14.7. The maximum atomic E-state index is 13.4. The summed E-state index contributed by atoms with van der Waals surface area (Å²) in [6.45, 7) is 9.14. The molecule has 7 nitrogen and oxygen atoms in total. The third-order valence-electron chi connectivity index (χ3n) is 6.25. The zero-order chi connectivity index (χ0) is 22.5. The van der Waals surface area contributed by atoms with Crippen molar-refractivity contribution in [3.8, 4) is 0 Å². The fourth-order valence-corrected chi connectivity index (χ4v) is 4.62. The molecule has 1 atom stereocenters. The Kier molecular flexibility index (Phi) is 4.84. The molecule has 5 rings (SSSR count). The predicted octanol–water partition coefficient (Wildman–Crippen LogP) is 3.98. The van der Waals surface area contributed by atoms with Gasteiger partial charge in [-0.15, -0.1) is 5.10 Å². The van der Waals surface area contributed by atoms with E-state index in [-0.39, 0.29) is 11.1 Å². The molecule has 0 saturated carbocycles. The number of hydrogen-bond donors (Lipinski definition) is 1. The summed E-state index contributed by atoms with van der Waals surface area (Å²) in [5.74, 6) is 0.672. The van der Waals surface area contributed by atoms with Crippen molar-refractivity contribution in [2.75, 3.05) is 11.4 Å². The molecule has 2 aromatic heterocycles. The van der Waals surface area contributed by atoms with E-state index in [4.69, 9.17) is 0 Å². The van der Waals surface area contributed by atoms with Crippen molar-refractivity contribution in [1.82, 2.24) is 25.2 Å². The monoisotopic (exact) mass is 428 g/mol. The van der Waals surface area contributed by atoms with E-state index in [0.29, 0.717) is 11.4 Å². The molecule has 1 aliphatic heterocycles. The fourth-order valence-electron chi connectivity index (χ4n) is 4.62. The van der Waals surface area contributed by atoms with Gasteiger partial charge in [0.15, 0.2) is 5.82 Å². The molecule has 0 saturated heterocycles. The molecule has 0 radical (unpaired) electrons. The van der Waals surface area contributed by atoms with E-state index >= 15 is 0 Å². The quantitative estimate of drug-likeness (QED) is 0.532. The average Bonchev–Trinajstić information content (AvgIpc) is 3.42. The van der Waals surface area contributed by atoms with Gasteiger partial charge < -0.3 is 9.88 Å². The summed E-state index contributed by atoms with van der Waals surface area (Å²) in [5, 5.41) is 13.8. The van der Waals surface area contributed by atoms with Gasteiger partial charge in [-0.05, 0) is 84.8 Å². The number of aryl methyl sites for hydroxylation is 1. The minimum Gasteiger partial charge on any atom is -0.357 e. The number of H-pyrrole nitrogens is 1. The molecule has 0 bridgehead atoms. The largest absolute Gasteiger partial charge is 0.357 e. The summed E-state index contributed by atoms with van der Waals surface area (Å²) in [6, 6.07) is 16.2. The van der Waals surface area contributed by atoms with E-state index in [0.717, 1.165) is 36.0 Å². The van der Waals surface area contributed by atoms with Crippen molar-refractivity contribution in [2.24, 2.45) is 0 Å². The summed E-state index contributed by atoms with van der Waals surface area (Å²) >= 11 is 0. The van der Waals surface area contributed by atoms with Gasteiger partial charge in [0.05, 0.1) is 5.54 Å². The number of nitrogens with one attached hydrogen (secondary N) is 1. The Hall–Kier alpha value is -3.48. The number of fused-ring (bicyclic) bond motifs is 2. The lowest BCUT2D eigenvalue weighted by Crippen LogP contribution is -2.37. The third-order valence-corrected chi connectivity index (χ3v) is 6.25. The highest BCUT2D eigenvalue weighted by Gasteiger charge is 2.36. The van der Waals surface area contributed by atoms with E-state index in [1.54, 1.807) is 0 Å². The first-order chi connectivity index (χ1) is 15.4. The van der Waals surface area contributed by atoms with Gasteiger partial charge in [0.2, 0.25) is 0 Å². The van der Waals surface area contributed by atoms with Gasteiger partial charge in [-0.1, -0.05) is 31.2 Å². The van der Waals surface area contributed by atoms with Crippen molar-refractivity contribution >= 4 is 16.6 Å². The van der Waals surface area contributed by atoms with E-state index in [1.165, 1.54) is 11.1 Å². The Labute approximate surface area is 187 Å². The number of nitrogens with zero attached hydrogens (tertiary/aromatic N) is 5. The predicted molar refractivity (Wildman–Crippen MR) is 126 cm³/mol. The molecule has 0 spiro atoms. The molecule has 0 amide bonds. The number of pyridine rings is 1. The average molecular weight is 429 g/mol. The van der Waals surface area contributed by atoms with Gasteiger partial charge in [-0.3, -0.25) is 4.79 Å². The number of aromatic nitrogens is 5. The van der Waals surface area contributed by atoms with E-state index in [9.17, 15) is 4.79 Å². The second kappa shape index (κ2) is 7.58. The number of para-hydroxylation sites is 1. The van der Waals surface area contributed by atoms with Gasteiger partial charge in [0.1, 0.15) is 6.04 Å². The van der Waals surface area contributed by atoms with E-state index < -0.39 is 6.04 Å². The van der Waals surface area contributed by atoms with Crippen LogP contribution in [0.5, 0.6) is 0 Å². The van der Waals surface area contributed by atoms with Gasteiger partial charge in [0.25, 0.3) is 5.56 Å². The van der Waals surface area contributed by atoms with Gasteiger partial charge >= 0.3 is 0 Å². The van der Waals surface area contributed by atoms with Crippen LogP contribution in [0.15, 0.2) is 53.3 Å². The summed E-state index contributed by atoms with van der Waals surface area (Å²) in [4.78, 5) is 18.8. The first kappa shape index (κ1) is 20.4. The number of rotatable bonds is 4. The highest BCUT2D eigenvalue weighted by atomic mass is 16.1. The van der Waals surface area contributed by atoms with Crippen LogP contribution in [0, 0.1) is 0 Å². The Morgan fingerprint density at radius 1 is 1.12 bits per heavy atom. The van der Waals surface area contributed by atoms with Gasteiger partial charge in [-0.2, -0.15) is 0 Å². The molecule has 4 aromatic rings. The number of tetrazole rings is 1. The summed E-state index contributed by atoms with van der Waals surface area (Å²) in [6.07, 6.45) is 1.87. The second-order valence-electron chi connectivity index (χ2n) is 9.42. The van der Waals surface area contributed by atoms with Crippen LogP contribution < -0.4 is 10.5 Å². The molecule has 2 aromatic carbocycles. The SMILES string of the molecule is CCc1ccc2[nH]c(=O)c(C(c3nnnn3C(C)(C)C)N3CCc4ccccc43)cc2c1. The van der Waals surface area contributed by atoms with Crippen LogP contribution in [0.3, 0.4) is 0 Å². The molecule has 7 heteroatoms. The molecule has 1 aliphatic rings. The number of benzene rings is 2. The lowest BCUT2D eigenvalue weighted by atomic mass is 10.0. The summed E-state index contributed by atoms with van der Waals surface area (Å²) in [7, 11) is 0. The molecule has 0 fully saturated rings. The fraction of sp³-hybridized carbons (Fsp3) is 0.360. The molecule has 164 valence electrons. The Morgan fingerprint density at radius 2 is 1.94 bits per heavy atom. The Bertz CT molecular complexity index is 1350. The minimum absolute atomic E-state index is 0.111. The molecule has 1 unspecified atom stereocenters. The Balaban J connectivity index is 1.76. The van der Waals surface area contributed by atoms with Crippen LogP contribution in [0.4, 0.5) is 5.69 Å².